The van der Waals surface area contributed by atoms with Gasteiger partial charge in [0.05, 0.1) is 22.1 Å². The number of rotatable bonds is 5. The summed E-state index contributed by atoms with van der Waals surface area (Å²) in [5.74, 6) is 1.51. The fourth-order valence-corrected chi connectivity index (χ4v) is 5.23. The van der Waals surface area contributed by atoms with Crippen LogP contribution in [0.4, 0.5) is 5.95 Å². The minimum atomic E-state index is 0.717. The van der Waals surface area contributed by atoms with E-state index in [0.29, 0.717) is 5.92 Å². The zero-order valence-corrected chi connectivity index (χ0v) is 17.4. The van der Waals surface area contributed by atoms with E-state index in [-0.39, 0.29) is 0 Å². The standard InChI is InChI=1S/C22H26N6S/c1-2-6-17(5-1)21-25-18(16-29-21)15-27-11-13-28(14-12-27)22-24-10-8-20(26-22)19-7-3-4-9-23-19/h3-4,7-10,16-17H,1-2,5-6,11-15H2. The molecule has 0 aromatic carbocycles. The molecule has 7 heteroatoms. The van der Waals surface area contributed by atoms with E-state index in [9.17, 15) is 0 Å². The Morgan fingerprint density at radius 1 is 0.897 bits per heavy atom. The Morgan fingerprint density at radius 2 is 1.76 bits per heavy atom. The van der Waals surface area contributed by atoms with Crippen LogP contribution in [0.5, 0.6) is 0 Å². The number of hydrogen-bond donors (Lipinski definition) is 0. The molecule has 0 atom stereocenters. The van der Waals surface area contributed by atoms with E-state index in [0.717, 1.165) is 50.1 Å². The summed E-state index contributed by atoms with van der Waals surface area (Å²) < 4.78 is 0. The molecule has 1 saturated heterocycles. The molecule has 2 fully saturated rings. The molecule has 0 radical (unpaired) electrons. The van der Waals surface area contributed by atoms with Crippen LogP contribution in [0.25, 0.3) is 11.4 Å². The molecule has 4 heterocycles. The van der Waals surface area contributed by atoms with Crippen molar-refractivity contribution in [2.24, 2.45) is 0 Å². The monoisotopic (exact) mass is 406 g/mol. The molecular weight excluding hydrogens is 380 g/mol. The summed E-state index contributed by atoms with van der Waals surface area (Å²) in [5, 5.41) is 3.62. The summed E-state index contributed by atoms with van der Waals surface area (Å²) in [6, 6.07) is 7.81. The van der Waals surface area contributed by atoms with Gasteiger partial charge in [-0.3, -0.25) is 9.88 Å². The highest BCUT2D eigenvalue weighted by Crippen LogP contribution is 2.35. The number of nitrogens with zero attached hydrogens (tertiary/aromatic N) is 6. The highest BCUT2D eigenvalue weighted by Gasteiger charge is 2.23. The Kier molecular flexibility index (Phi) is 5.49. The van der Waals surface area contributed by atoms with Crippen LogP contribution in [0.15, 0.2) is 42.0 Å². The minimum Gasteiger partial charge on any atom is -0.338 e. The third-order valence-electron chi connectivity index (χ3n) is 5.88. The number of thiazole rings is 1. The van der Waals surface area contributed by atoms with Crippen LogP contribution >= 0.6 is 11.3 Å². The van der Waals surface area contributed by atoms with E-state index in [1.165, 1.54) is 36.4 Å². The fraction of sp³-hybridized carbons (Fsp3) is 0.455. The molecule has 6 nitrogen and oxygen atoms in total. The normalized spacial score (nSPS) is 18.4. The van der Waals surface area contributed by atoms with Gasteiger partial charge in [-0.2, -0.15) is 0 Å². The fourth-order valence-electron chi connectivity index (χ4n) is 4.25. The van der Waals surface area contributed by atoms with Crippen LogP contribution in [0.2, 0.25) is 0 Å². The average Bonchev–Trinajstić information content (AvgIpc) is 3.47. The molecule has 0 bridgehead atoms. The number of pyridine rings is 1. The lowest BCUT2D eigenvalue weighted by Crippen LogP contribution is -2.46. The quantitative estimate of drug-likeness (QED) is 0.639. The van der Waals surface area contributed by atoms with Crippen molar-refractivity contribution in [2.45, 2.75) is 38.1 Å². The largest absolute Gasteiger partial charge is 0.338 e. The molecule has 1 aliphatic carbocycles. The molecule has 1 saturated carbocycles. The first-order chi connectivity index (χ1) is 14.3. The van der Waals surface area contributed by atoms with E-state index < -0.39 is 0 Å². The molecule has 5 rings (SSSR count). The maximum Gasteiger partial charge on any atom is 0.225 e. The molecule has 3 aromatic heterocycles. The minimum absolute atomic E-state index is 0.717. The van der Waals surface area contributed by atoms with Crippen molar-refractivity contribution < 1.29 is 0 Å². The number of anilines is 1. The smallest absolute Gasteiger partial charge is 0.225 e. The first-order valence-corrected chi connectivity index (χ1v) is 11.4. The SMILES string of the molecule is c1ccc(-c2ccnc(N3CCN(Cc4csc(C5CCCC5)n4)CC3)n2)nc1. The maximum atomic E-state index is 4.94. The summed E-state index contributed by atoms with van der Waals surface area (Å²) in [7, 11) is 0. The topological polar surface area (TPSA) is 58.0 Å². The van der Waals surface area contributed by atoms with Gasteiger partial charge in [0, 0.05) is 56.4 Å². The molecule has 1 aliphatic heterocycles. The summed E-state index contributed by atoms with van der Waals surface area (Å²) >= 11 is 1.86. The molecule has 29 heavy (non-hydrogen) atoms. The van der Waals surface area contributed by atoms with Crippen LogP contribution < -0.4 is 4.90 Å². The average molecular weight is 407 g/mol. The van der Waals surface area contributed by atoms with Crippen LogP contribution in [0, 0.1) is 0 Å². The van der Waals surface area contributed by atoms with Crippen molar-refractivity contribution in [3.63, 3.8) is 0 Å². The second kappa shape index (κ2) is 8.55. The van der Waals surface area contributed by atoms with Crippen LogP contribution in [-0.2, 0) is 6.54 Å². The van der Waals surface area contributed by atoms with Gasteiger partial charge in [0.1, 0.15) is 0 Å². The summed E-state index contributed by atoms with van der Waals surface area (Å²) in [6.07, 6.45) is 9.01. The molecule has 0 spiro atoms. The lowest BCUT2D eigenvalue weighted by Gasteiger charge is -2.34. The Balaban J connectivity index is 1.19. The summed E-state index contributed by atoms with van der Waals surface area (Å²) in [6.45, 7) is 4.84. The van der Waals surface area contributed by atoms with E-state index in [1.54, 1.807) is 6.20 Å². The maximum absolute atomic E-state index is 4.94. The first kappa shape index (κ1) is 18.6. The van der Waals surface area contributed by atoms with E-state index in [2.05, 4.69) is 25.1 Å². The molecule has 2 aliphatic rings. The van der Waals surface area contributed by atoms with Gasteiger partial charge in [-0.05, 0) is 31.0 Å². The van der Waals surface area contributed by atoms with Gasteiger partial charge < -0.3 is 4.90 Å². The molecule has 3 aromatic rings. The highest BCUT2D eigenvalue weighted by atomic mass is 32.1. The summed E-state index contributed by atoms with van der Waals surface area (Å²) in [4.78, 5) is 23.4. The Labute approximate surface area is 175 Å². The van der Waals surface area contributed by atoms with Gasteiger partial charge in [-0.15, -0.1) is 11.3 Å². The Morgan fingerprint density at radius 3 is 2.55 bits per heavy atom. The third kappa shape index (κ3) is 4.31. The molecule has 150 valence electrons. The van der Waals surface area contributed by atoms with Gasteiger partial charge in [-0.1, -0.05) is 18.9 Å². The predicted molar refractivity (Wildman–Crippen MR) is 116 cm³/mol. The number of hydrogen-bond acceptors (Lipinski definition) is 7. The van der Waals surface area contributed by atoms with Crippen molar-refractivity contribution in [3.8, 4) is 11.4 Å². The van der Waals surface area contributed by atoms with E-state index in [1.807, 2.05) is 41.8 Å². The van der Waals surface area contributed by atoms with Gasteiger partial charge in [-0.25, -0.2) is 15.0 Å². The van der Waals surface area contributed by atoms with Gasteiger partial charge in [0.15, 0.2) is 0 Å². The van der Waals surface area contributed by atoms with E-state index >= 15 is 0 Å². The summed E-state index contributed by atoms with van der Waals surface area (Å²) in [5.41, 5.74) is 3.00. The Bertz CT molecular complexity index is 929. The lowest BCUT2D eigenvalue weighted by molar-refractivity contribution is 0.246. The molecular formula is C22H26N6S. The van der Waals surface area contributed by atoms with Crippen LogP contribution in [0.1, 0.15) is 42.3 Å². The second-order valence-electron chi connectivity index (χ2n) is 7.88. The third-order valence-corrected chi connectivity index (χ3v) is 6.94. The van der Waals surface area contributed by atoms with Crippen LogP contribution in [-0.4, -0.2) is 51.0 Å². The van der Waals surface area contributed by atoms with Crippen molar-refractivity contribution in [3.05, 3.63) is 52.7 Å². The zero-order valence-electron chi connectivity index (χ0n) is 16.6. The highest BCUT2D eigenvalue weighted by molar-refractivity contribution is 7.09. The molecule has 0 N–H and O–H groups in total. The molecule has 0 amide bonds. The first-order valence-electron chi connectivity index (χ1n) is 10.5. The van der Waals surface area contributed by atoms with Crippen molar-refractivity contribution >= 4 is 17.3 Å². The Hall–Kier alpha value is -2.38. The lowest BCUT2D eigenvalue weighted by atomic mass is 10.1. The number of aromatic nitrogens is 4. The second-order valence-corrected chi connectivity index (χ2v) is 8.77. The van der Waals surface area contributed by atoms with Gasteiger partial charge in [0.2, 0.25) is 5.95 Å². The van der Waals surface area contributed by atoms with Crippen molar-refractivity contribution in [1.29, 1.82) is 0 Å². The predicted octanol–water partition coefficient (Wildman–Crippen LogP) is 3.97. The van der Waals surface area contributed by atoms with Crippen molar-refractivity contribution in [1.82, 2.24) is 24.8 Å². The van der Waals surface area contributed by atoms with Gasteiger partial charge in [0.25, 0.3) is 0 Å². The van der Waals surface area contributed by atoms with Crippen LogP contribution in [0.3, 0.4) is 0 Å². The van der Waals surface area contributed by atoms with E-state index in [4.69, 9.17) is 9.97 Å². The van der Waals surface area contributed by atoms with Gasteiger partial charge >= 0.3 is 0 Å². The van der Waals surface area contributed by atoms with Crippen molar-refractivity contribution in [2.75, 3.05) is 31.1 Å². The molecule has 0 unspecified atom stereocenters. The zero-order chi connectivity index (χ0) is 19.5. The number of piperazine rings is 1.